The lowest BCUT2D eigenvalue weighted by Gasteiger charge is -2.30. The van der Waals surface area contributed by atoms with Crippen LogP contribution in [0.2, 0.25) is 0 Å². The second-order valence-electron chi connectivity index (χ2n) is 7.45. The molecule has 186 valence electrons. The first-order valence-corrected chi connectivity index (χ1v) is 11.0. The van der Waals surface area contributed by atoms with E-state index in [1.807, 2.05) is 6.92 Å². The number of hydrogen-bond acceptors (Lipinski definition) is 8. The third kappa shape index (κ3) is 5.45. The van der Waals surface area contributed by atoms with E-state index in [0.717, 1.165) is 0 Å². The van der Waals surface area contributed by atoms with Crippen LogP contribution in [0, 0.1) is 10.1 Å². The fraction of sp³-hybridized carbons (Fsp3) is 0.333. The van der Waals surface area contributed by atoms with Crippen LogP contribution in [0.25, 0.3) is 5.70 Å². The van der Waals surface area contributed by atoms with Gasteiger partial charge < -0.3 is 29.6 Å². The van der Waals surface area contributed by atoms with Gasteiger partial charge in [-0.15, -0.1) is 0 Å². The Morgan fingerprint density at radius 2 is 1.83 bits per heavy atom. The van der Waals surface area contributed by atoms with E-state index in [-0.39, 0.29) is 47.2 Å². The van der Waals surface area contributed by atoms with E-state index in [4.69, 9.17) is 18.9 Å². The summed E-state index contributed by atoms with van der Waals surface area (Å²) in [7, 11) is 2.88. The molecule has 0 saturated carbocycles. The molecule has 0 bridgehead atoms. The Kier molecular flexibility index (Phi) is 8.13. The Labute approximate surface area is 202 Å². The molecule has 1 unspecified atom stereocenters. The van der Waals surface area contributed by atoms with Gasteiger partial charge in [-0.3, -0.25) is 10.1 Å². The standard InChI is InChI=1S/C24H27N3O8/c1-5-11-35-22-17(27(30)31)12-15(13-18(22)33-4)21-19(23(28)34-6-2)20(25-24(29)26-21)14-7-9-16(32-3)10-8-14/h7-10,12-13,21H,5-6,11H2,1-4H3,(H2,25,26,29). The smallest absolute Gasteiger partial charge is 0.338 e. The molecule has 2 amide bonds. The molecule has 3 rings (SSSR count). The summed E-state index contributed by atoms with van der Waals surface area (Å²) in [5.74, 6) is -0.0272. The quantitative estimate of drug-likeness (QED) is 0.295. The summed E-state index contributed by atoms with van der Waals surface area (Å²) in [6.07, 6.45) is 0.632. The number of nitrogens with zero attached hydrogens (tertiary/aromatic N) is 1. The van der Waals surface area contributed by atoms with Gasteiger partial charge in [-0.05, 0) is 54.8 Å². The van der Waals surface area contributed by atoms with E-state index in [2.05, 4.69) is 10.6 Å². The minimum absolute atomic E-state index is 0.0274. The molecule has 35 heavy (non-hydrogen) atoms. The first kappa shape index (κ1) is 25.3. The third-order valence-corrected chi connectivity index (χ3v) is 5.20. The van der Waals surface area contributed by atoms with Crippen molar-refractivity contribution in [2.75, 3.05) is 27.4 Å². The molecular formula is C24H27N3O8. The van der Waals surface area contributed by atoms with E-state index >= 15 is 0 Å². The van der Waals surface area contributed by atoms with Crippen LogP contribution in [-0.2, 0) is 9.53 Å². The number of nitro groups is 1. The molecular weight excluding hydrogens is 458 g/mol. The van der Waals surface area contributed by atoms with Crippen molar-refractivity contribution in [2.24, 2.45) is 0 Å². The third-order valence-electron chi connectivity index (χ3n) is 5.20. The Morgan fingerprint density at radius 3 is 2.40 bits per heavy atom. The minimum Gasteiger partial charge on any atom is -0.497 e. The number of nitrogens with one attached hydrogen (secondary N) is 2. The van der Waals surface area contributed by atoms with Crippen molar-refractivity contribution < 1.29 is 33.5 Å². The van der Waals surface area contributed by atoms with Gasteiger partial charge in [0.2, 0.25) is 5.75 Å². The number of carbonyl (C=O) groups is 2. The van der Waals surface area contributed by atoms with Crippen molar-refractivity contribution in [3.05, 3.63) is 63.2 Å². The van der Waals surface area contributed by atoms with Gasteiger partial charge in [-0.25, -0.2) is 9.59 Å². The van der Waals surface area contributed by atoms with E-state index in [1.165, 1.54) is 26.4 Å². The lowest BCUT2D eigenvalue weighted by atomic mass is 9.92. The number of urea groups is 1. The molecule has 1 aliphatic heterocycles. The Morgan fingerprint density at radius 1 is 1.11 bits per heavy atom. The molecule has 0 fully saturated rings. The second kappa shape index (κ2) is 11.2. The monoisotopic (exact) mass is 485 g/mol. The highest BCUT2D eigenvalue weighted by Gasteiger charge is 2.36. The van der Waals surface area contributed by atoms with Crippen molar-refractivity contribution in [1.29, 1.82) is 0 Å². The maximum atomic E-state index is 13.1. The van der Waals surface area contributed by atoms with E-state index in [1.54, 1.807) is 31.2 Å². The van der Waals surface area contributed by atoms with Gasteiger partial charge in [0.15, 0.2) is 5.75 Å². The van der Waals surface area contributed by atoms with Crippen molar-refractivity contribution in [2.45, 2.75) is 26.3 Å². The Hall–Kier alpha value is -4.28. The molecule has 0 aliphatic carbocycles. The van der Waals surface area contributed by atoms with Gasteiger partial charge in [-0.1, -0.05) is 6.92 Å². The number of esters is 1. The number of methoxy groups -OCH3 is 2. The maximum Gasteiger partial charge on any atom is 0.338 e. The largest absolute Gasteiger partial charge is 0.497 e. The molecule has 1 atom stereocenters. The van der Waals surface area contributed by atoms with Gasteiger partial charge in [0.25, 0.3) is 0 Å². The molecule has 1 aliphatic rings. The van der Waals surface area contributed by atoms with Crippen LogP contribution in [0.3, 0.4) is 0 Å². The van der Waals surface area contributed by atoms with E-state index < -0.39 is 23.0 Å². The van der Waals surface area contributed by atoms with Gasteiger partial charge in [0.05, 0.1) is 49.7 Å². The molecule has 2 aromatic rings. The van der Waals surface area contributed by atoms with Gasteiger partial charge in [0, 0.05) is 6.07 Å². The fourth-order valence-electron chi connectivity index (χ4n) is 3.64. The number of carbonyl (C=O) groups excluding carboxylic acids is 2. The topological polar surface area (TPSA) is 138 Å². The Bertz CT molecular complexity index is 1140. The molecule has 11 heteroatoms. The summed E-state index contributed by atoms with van der Waals surface area (Å²) in [6, 6.07) is 7.83. The van der Waals surface area contributed by atoms with Crippen molar-refractivity contribution in [3.63, 3.8) is 0 Å². The van der Waals surface area contributed by atoms with E-state index in [9.17, 15) is 19.7 Å². The van der Waals surface area contributed by atoms with Crippen LogP contribution in [0.5, 0.6) is 17.2 Å². The predicted molar refractivity (Wildman–Crippen MR) is 126 cm³/mol. The van der Waals surface area contributed by atoms with Gasteiger partial charge >= 0.3 is 17.7 Å². The summed E-state index contributed by atoms with van der Waals surface area (Å²) in [5.41, 5.74) is 0.720. The van der Waals surface area contributed by atoms with Crippen LogP contribution in [0.1, 0.15) is 37.4 Å². The molecule has 2 aromatic carbocycles. The number of benzene rings is 2. The lowest BCUT2D eigenvalue weighted by molar-refractivity contribution is -0.386. The van der Waals surface area contributed by atoms with Gasteiger partial charge in [-0.2, -0.15) is 0 Å². The molecule has 1 heterocycles. The molecule has 0 spiro atoms. The SMILES string of the molecule is CCCOc1c(OC)cc(C2NC(=O)NC(c3ccc(OC)cc3)=C2C(=O)OCC)cc1[N+](=O)[O-]. The second-order valence-corrected chi connectivity index (χ2v) is 7.45. The number of nitro benzene ring substituents is 1. The highest BCUT2D eigenvalue weighted by molar-refractivity contribution is 6.04. The lowest BCUT2D eigenvalue weighted by Crippen LogP contribution is -2.45. The predicted octanol–water partition coefficient (Wildman–Crippen LogP) is 3.73. The summed E-state index contributed by atoms with van der Waals surface area (Å²) < 4.78 is 21.4. The number of rotatable bonds is 10. The molecule has 2 N–H and O–H groups in total. The van der Waals surface area contributed by atoms with Crippen LogP contribution < -0.4 is 24.8 Å². The first-order chi connectivity index (χ1) is 16.8. The number of amides is 2. The van der Waals surface area contributed by atoms with E-state index in [0.29, 0.717) is 17.7 Å². The average Bonchev–Trinajstić information content (AvgIpc) is 2.86. The van der Waals surface area contributed by atoms with Crippen molar-refractivity contribution in [3.8, 4) is 17.2 Å². The highest BCUT2D eigenvalue weighted by Crippen LogP contribution is 2.42. The molecule has 0 radical (unpaired) electrons. The van der Waals surface area contributed by atoms with Crippen LogP contribution >= 0.6 is 0 Å². The highest BCUT2D eigenvalue weighted by atomic mass is 16.6. The average molecular weight is 485 g/mol. The molecule has 0 saturated heterocycles. The number of ether oxygens (including phenoxy) is 4. The number of hydrogen-bond donors (Lipinski definition) is 2. The van der Waals surface area contributed by atoms with Gasteiger partial charge in [0.1, 0.15) is 5.75 Å². The zero-order valence-electron chi connectivity index (χ0n) is 19.9. The molecule has 0 aromatic heterocycles. The molecule has 11 nitrogen and oxygen atoms in total. The summed E-state index contributed by atoms with van der Waals surface area (Å²) >= 11 is 0. The van der Waals surface area contributed by atoms with Crippen molar-refractivity contribution >= 4 is 23.4 Å². The Balaban J connectivity index is 2.23. The fourth-order valence-corrected chi connectivity index (χ4v) is 3.64. The zero-order valence-corrected chi connectivity index (χ0v) is 19.9. The van der Waals surface area contributed by atoms with Crippen LogP contribution in [-0.4, -0.2) is 44.4 Å². The first-order valence-electron chi connectivity index (χ1n) is 11.0. The van der Waals surface area contributed by atoms with Crippen LogP contribution in [0.4, 0.5) is 10.5 Å². The summed E-state index contributed by atoms with van der Waals surface area (Å²) in [5, 5.41) is 17.2. The minimum atomic E-state index is -1.06. The van der Waals surface area contributed by atoms with Crippen molar-refractivity contribution in [1.82, 2.24) is 10.6 Å². The summed E-state index contributed by atoms with van der Waals surface area (Å²) in [4.78, 5) is 37.0. The normalized spacial score (nSPS) is 15.1. The summed E-state index contributed by atoms with van der Waals surface area (Å²) in [6.45, 7) is 3.86. The maximum absolute atomic E-state index is 13.1. The zero-order chi connectivity index (χ0) is 25.5. The van der Waals surface area contributed by atoms with Crippen LogP contribution in [0.15, 0.2) is 42.0 Å².